The summed E-state index contributed by atoms with van der Waals surface area (Å²) in [6, 6.07) is 0. The minimum absolute atomic E-state index is 0. The third-order valence-electron chi connectivity index (χ3n) is 0. The van der Waals surface area contributed by atoms with E-state index in [1.54, 1.807) is 0 Å². The molecule has 0 heterocycles. The first kappa shape index (κ1) is 15.8. The Bertz CT molecular complexity index is 69.1. The molecule has 0 rings (SSSR count). The zero-order valence-electron chi connectivity index (χ0n) is 3.92. The monoisotopic (exact) mass is 364 g/mol. The van der Waals surface area contributed by atoms with Crippen LogP contribution in [0.5, 0.6) is 0 Å². The van der Waals surface area contributed by atoms with Crippen LogP contribution in [0.25, 0.3) is 0 Å². The molecule has 0 atom stereocenters. The van der Waals surface area contributed by atoms with Crippen molar-refractivity contribution in [3.8, 4) is 0 Å². The van der Waals surface area contributed by atoms with Crippen LogP contribution in [0, 0.1) is 51.3 Å². The van der Waals surface area contributed by atoms with Gasteiger partial charge in [0.15, 0.2) is 0 Å². The van der Waals surface area contributed by atoms with Crippen LogP contribution < -0.4 is 0 Å². The van der Waals surface area contributed by atoms with Crippen molar-refractivity contribution in [3.63, 3.8) is 0 Å². The van der Waals surface area contributed by atoms with E-state index in [0.29, 0.717) is 0 Å². The molecule has 0 saturated carbocycles. The van der Waals surface area contributed by atoms with E-state index in [2.05, 4.69) is 0 Å². The molecule has 52 valence electrons. The van der Waals surface area contributed by atoms with Crippen molar-refractivity contribution in [2.24, 2.45) is 0 Å². The van der Waals surface area contributed by atoms with Gasteiger partial charge < -0.3 is 10.4 Å². The van der Waals surface area contributed by atoms with E-state index in [0.717, 1.165) is 0 Å². The molecule has 0 saturated heterocycles. The summed E-state index contributed by atoms with van der Waals surface area (Å²) < 4.78 is 0. The van der Waals surface area contributed by atoms with Crippen LogP contribution in [0.4, 0.5) is 0 Å². The van der Waals surface area contributed by atoms with Crippen molar-refractivity contribution < 1.29 is 51.7 Å². The van der Waals surface area contributed by atoms with Crippen LogP contribution in [0.2, 0.25) is 0 Å². The van der Waals surface area contributed by atoms with Gasteiger partial charge in [-0.3, -0.25) is 0 Å². The van der Waals surface area contributed by atoms with Crippen LogP contribution >= 0.6 is 0 Å². The van der Waals surface area contributed by atoms with Gasteiger partial charge in [0.1, 0.15) is 0 Å². The van der Waals surface area contributed by atoms with Crippen LogP contribution in [0.1, 0.15) is 0 Å². The Morgan fingerprint density at radius 3 is 1.00 bits per heavy atom. The van der Waals surface area contributed by atoms with Crippen molar-refractivity contribution in [2.45, 2.75) is 0 Å². The van der Waals surface area contributed by atoms with E-state index in [-0.39, 0.29) is 31.1 Å². The fraction of sp³-hybridized carbons (Fsp3) is 0. The molecule has 0 fully saturated rings. The quantitative estimate of drug-likeness (QED) is 0.433. The van der Waals surface area contributed by atoms with E-state index in [1.807, 2.05) is 0 Å². The summed E-state index contributed by atoms with van der Waals surface area (Å²) in [6.07, 6.45) is 0. The summed E-state index contributed by atoms with van der Waals surface area (Å²) in [4.78, 5) is 16.7. The molecule has 0 aromatic rings. The van der Waals surface area contributed by atoms with Crippen molar-refractivity contribution in [1.82, 2.24) is 0 Å². The van der Waals surface area contributed by atoms with Gasteiger partial charge in [0.05, 0.1) is 0 Å². The summed E-state index contributed by atoms with van der Waals surface area (Å²) in [7, 11) is 0. The molecule has 0 aromatic heterocycles. The van der Waals surface area contributed by atoms with E-state index in [9.17, 15) is 0 Å². The largest absolute Gasteiger partial charge is 0.328 e. The van der Waals surface area contributed by atoms with E-state index >= 15 is 0 Å². The SMILES string of the molecule is O=[N+]([O-])O.O=[N+]([O-])O.[U]. The zero-order chi connectivity index (χ0) is 7.15. The Labute approximate surface area is 72.1 Å². The van der Waals surface area contributed by atoms with Crippen LogP contribution in [0.15, 0.2) is 0 Å². The fourth-order valence-corrected chi connectivity index (χ4v) is 0. The van der Waals surface area contributed by atoms with Gasteiger partial charge in [0.2, 0.25) is 0 Å². The first-order chi connectivity index (χ1) is 3.46. The molecule has 9 heteroatoms. The fourth-order valence-electron chi connectivity index (χ4n) is 0. The predicted molar refractivity (Wildman–Crippen MR) is 17.6 cm³/mol. The van der Waals surface area contributed by atoms with Crippen molar-refractivity contribution in [3.05, 3.63) is 20.2 Å². The average molecular weight is 364 g/mol. The summed E-state index contributed by atoms with van der Waals surface area (Å²) in [5.41, 5.74) is 0. The number of hydrogen-bond donors (Lipinski definition) is 2. The second-order valence-corrected chi connectivity index (χ2v) is 0.476. The van der Waals surface area contributed by atoms with Crippen LogP contribution in [0.3, 0.4) is 0 Å². The first-order valence-corrected chi connectivity index (χ1v) is 1.13. The molecular formula is H2N2O6U. The van der Waals surface area contributed by atoms with Gasteiger partial charge in [0.25, 0.3) is 10.2 Å². The Balaban J connectivity index is -0.0000000720. The van der Waals surface area contributed by atoms with E-state index < -0.39 is 10.2 Å². The molecule has 0 amide bonds. The maximum atomic E-state index is 8.36. The number of nitrogens with zero attached hydrogens (tertiary/aromatic N) is 2. The summed E-state index contributed by atoms with van der Waals surface area (Å²) in [6.45, 7) is 0. The smallest absolute Gasteiger partial charge is 0.291 e. The first-order valence-electron chi connectivity index (χ1n) is 1.13. The molecule has 0 aromatic carbocycles. The summed E-state index contributed by atoms with van der Waals surface area (Å²) >= 11 is 0. The minimum Gasteiger partial charge on any atom is -0.328 e. The molecule has 0 aliphatic carbocycles. The van der Waals surface area contributed by atoms with Gasteiger partial charge in [-0.25, -0.2) is 0 Å². The van der Waals surface area contributed by atoms with Gasteiger partial charge in [-0.2, -0.15) is 0 Å². The van der Waals surface area contributed by atoms with E-state index in [1.165, 1.54) is 0 Å². The molecule has 9 heavy (non-hydrogen) atoms. The van der Waals surface area contributed by atoms with Crippen molar-refractivity contribution in [1.29, 1.82) is 0 Å². The molecular weight excluding hydrogens is 362 g/mol. The molecule has 0 radical (unpaired) electrons. The third kappa shape index (κ3) is 737. The Hall–Kier alpha value is -0.548. The van der Waals surface area contributed by atoms with Crippen molar-refractivity contribution >= 4 is 0 Å². The topological polar surface area (TPSA) is 127 Å². The van der Waals surface area contributed by atoms with E-state index in [4.69, 9.17) is 30.6 Å². The van der Waals surface area contributed by atoms with Crippen LogP contribution in [-0.4, -0.2) is 20.6 Å². The van der Waals surface area contributed by atoms with Crippen LogP contribution in [-0.2, 0) is 0 Å². The maximum absolute atomic E-state index is 8.36. The molecule has 0 unspecified atom stereocenters. The molecule has 0 bridgehead atoms. The number of hydrogen-bond acceptors (Lipinski definition) is 4. The average Bonchev–Trinajstić information content (AvgIpc) is 1.25. The Morgan fingerprint density at radius 1 is 1.00 bits per heavy atom. The summed E-state index contributed by atoms with van der Waals surface area (Å²) in [5, 5.41) is 27.3. The Kier molecular flexibility index (Phi) is 18.3. The molecule has 0 aliphatic rings. The van der Waals surface area contributed by atoms with Gasteiger partial charge in [0, 0.05) is 31.1 Å². The second kappa shape index (κ2) is 10.4. The van der Waals surface area contributed by atoms with Gasteiger partial charge in [-0.1, -0.05) is 0 Å². The number of rotatable bonds is 0. The maximum Gasteiger partial charge on any atom is 0.291 e. The minimum atomic E-state index is -1.50. The predicted octanol–water partition coefficient (Wildman–Crippen LogP) is -0.695. The normalized spacial score (nSPS) is 5.33. The molecule has 2 N–H and O–H groups in total. The molecule has 0 aliphatic heterocycles. The van der Waals surface area contributed by atoms with Gasteiger partial charge in [-0.05, 0) is 0 Å². The van der Waals surface area contributed by atoms with Gasteiger partial charge >= 0.3 is 0 Å². The molecule has 8 nitrogen and oxygen atoms in total. The van der Waals surface area contributed by atoms with Gasteiger partial charge in [-0.15, -0.1) is 20.2 Å². The third-order valence-corrected chi connectivity index (χ3v) is 0. The van der Waals surface area contributed by atoms with Crippen molar-refractivity contribution in [2.75, 3.05) is 0 Å². The summed E-state index contributed by atoms with van der Waals surface area (Å²) in [5.74, 6) is 0. The Morgan fingerprint density at radius 2 is 1.00 bits per heavy atom. The zero-order valence-corrected chi connectivity index (χ0v) is 8.09. The standard InChI is InChI=1S/2HNO3.U/c2*2-1(3)4;/h2*(H,2,3,4);. The molecule has 0 spiro atoms. The second-order valence-electron chi connectivity index (χ2n) is 0.476.